The van der Waals surface area contributed by atoms with Gasteiger partial charge in [-0.05, 0) is 27.2 Å². The maximum Gasteiger partial charge on any atom is 0.503 e. The summed E-state index contributed by atoms with van der Waals surface area (Å²) in [5.41, 5.74) is 0.397. The van der Waals surface area contributed by atoms with Crippen molar-refractivity contribution in [2.45, 2.75) is 72.3 Å². The second-order valence-corrected chi connectivity index (χ2v) is 7.71. The van der Waals surface area contributed by atoms with E-state index in [9.17, 15) is 0 Å². The van der Waals surface area contributed by atoms with Crippen LogP contribution < -0.4 is 0 Å². The van der Waals surface area contributed by atoms with E-state index < -0.39 is 8.80 Å². The highest BCUT2D eigenvalue weighted by Crippen LogP contribution is 2.30. The monoisotopic (exact) mass is 276 g/mol. The molecule has 0 amide bonds. The van der Waals surface area contributed by atoms with E-state index in [1.807, 2.05) is 20.8 Å². The third-order valence-corrected chi connectivity index (χ3v) is 6.70. The average molecular weight is 276 g/mol. The summed E-state index contributed by atoms with van der Waals surface area (Å²) in [7, 11) is -2.46. The molecule has 1 atom stereocenters. The predicted octanol–water partition coefficient (Wildman–Crippen LogP) is 4.40. The van der Waals surface area contributed by atoms with E-state index in [0.717, 1.165) is 6.42 Å². The van der Waals surface area contributed by atoms with Crippen molar-refractivity contribution < 1.29 is 13.3 Å². The van der Waals surface area contributed by atoms with Gasteiger partial charge >= 0.3 is 8.80 Å². The molecule has 0 aliphatic carbocycles. The molecule has 0 saturated carbocycles. The molecule has 0 aromatic carbocycles. The fourth-order valence-electron chi connectivity index (χ4n) is 2.21. The maximum absolute atomic E-state index is 5.92. The molecule has 0 aliphatic heterocycles. The van der Waals surface area contributed by atoms with Gasteiger partial charge in [0, 0.05) is 25.4 Å². The van der Waals surface area contributed by atoms with E-state index >= 15 is 0 Å². The third kappa shape index (κ3) is 6.32. The smallest absolute Gasteiger partial charge is 0.374 e. The van der Waals surface area contributed by atoms with Gasteiger partial charge in [-0.2, -0.15) is 0 Å². The zero-order valence-corrected chi connectivity index (χ0v) is 14.0. The standard InChI is InChI=1S/C14H32O3Si/c1-6-10-11-12-13-14(5)18(15-7-2,16-8-3)17-9-4/h14H,6-13H2,1-5H3/t14-/m1/s1. The van der Waals surface area contributed by atoms with Gasteiger partial charge < -0.3 is 13.3 Å². The van der Waals surface area contributed by atoms with Crippen LogP contribution in [0.2, 0.25) is 5.54 Å². The van der Waals surface area contributed by atoms with Gasteiger partial charge in [-0.15, -0.1) is 0 Å². The molecule has 0 aliphatic rings. The Bertz CT molecular complexity index is 171. The van der Waals surface area contributed by atoms with Crippen LogP contribution >= 0.6 is 0 Å². The van der Waals surface area contributed by atoms with Crippen LogP contribution in [0.5, 0.6) is 0 Å². The van der Waals surface area contributed by atoms with Crippen LogP contribution in [-0.4, -0.2) is 28.6 Å². The molecular weight excluding hydrogens is 244 g/mol. The fraction of sp³-hybridized carbons (Fsp3) is 1.00. The first-order chi connectivity index (χ1) is 8.66. The molecule has 3 nitrogen and oxygen atoms in total. The molecule has 0 unspecified atom stereocenters. The fourth-order valence-corrected chi connectivity index (χ4v) is 5.08. The minimum absolute atomic E-state index is 0.397. The Morgan fingerprint density at radius 1 is 0.778 bits per heavy atom. The zero-order chi connectivity index (χ0) is 13.9. The first-order valence-corrected chi connectivity index (χ1v) is 9.38. The topological polar surface area (TPSA) is 27.7 Å². The van der Waals surface area contributed by atoms with Crippen molar-refractivity contribution in [3.63, 3.8) is 0 Å². The molecule has 0 heterocycles. The van der Waals surface area contributed by atoms with Crippen LogP contribution in [0.15, 0.2) is 0 Å². The predicted molar refractivity (Wildman–Crippen MR) is 78.8 cm³/mol. The van der Waals surface area contributed by atoms with Gasteiger partial charge in [0.2, 0.25) is 0 Å². The van der Waals surface area contributed by atoms with Crippen LogP contribution in [0.3, 0.4) is 0 Å². The number of unbranched alkanes of at least 4 members (excludes halogenated alkanes) is 3. The van der Waals surface area contributed by atoms with Gasteiger partial charge in [0.05, 0.1) is 0 Å². The Balaban J connectivity index is 4.39. The Morgan fingerprint density at radius 2 is 1.28 bits per heavy atom. The van der Waals surface area contributed by atoms with Crippen molar-refractivity contribution in [1.29, 1.82) is 0 Å². The van der Waals surface area contributed by atoms with Gasteiger partial charge in [0.15, 0.2) is 0 Å². The molecule has 0 aromatic rings. The first-order valence-electron chi connectivity index (χ1n) is 7.58. The summed E-state index contributed by atoms with van der Waals surface area (Å²) < 4.78 is 17.8. The second-order valence-electron chi connectivity index (χ2n) is 4.65. The summed E-state index contributed by atoms with van der Waals surface area (Å²) in [5, 5.41) is 0. The van der Waals surface area contributed by atoms with E-state index in [-0.39, 0.29) is 0 Å². The van der Waals surface area contributed by atoms with Crippen LogP contribution in [0.4, 0.5) is 0 Å². The molecule has 0 rings (SSSR count). The third-order valence-electron chi connectivity index (χ3n) is 3.13. The Morgan fingerprint density at radius 3 is 1.67 bits per heavy atom. The minimum atomic E-state index is -2.46. The Labute approximate surface area is 115 Å². The number of hydrogen-bond acceptors (Lipinski definition) is 3. The maximum atomic E-state index is 5.92. The van der Waals surface area contributed by atoms with E-state index in [4.69, 9.17) is 13.3 Å². The van der Waals surface area contributed by atoms with E-state index in [0.29, 0.717) is 25.4 Å². The first kappa shape index (κ1) is 18.1. The van der Waals surface area contributed by atoms with Crippen molar-refractivity contribution in [2.75, 3.05) is 19.8 Å². The largest absolute Gasteiger partial charge is 0.503 e. The lowest BCUT2D eigenvalue weighted by Crippen LogP contribution is -2.49. The molecule has 0 fully saturated rings. The van der Waals surface area contributed by atoms with Gasteiger partial charge in [-0.25, -0.2) is 0 Å². The molecule has 0 N–H and O–H groups in total. The number of rotatable bonds is 12. The lowest BCUT2D eigenvalue weighted by molar-refractivity contribution is 0.0612. The highest BCUT2D eigenvalue weighted by Gasteiger charge is 2.46. The van der Waals surface area contributed by atoms with E-state index in [1.165, 1.54) is 25.7 Å². The average Bonchev–Trinajstić information content (AvgIpc) is 2.35. The second kappa shape index (κ2) is 11.0. The summed E-state index contributed by atoms with van der Waals surface area (Å²) in [6, 6.07) is 0. The lowest BCUT2D eigenvalue weighted by Gasteiger charge is -2.33. The van der Waals surface area contributed by atoms with E-state index in [1.54, 1.807) is 0 Å². The quantitative estimate of drug-likeness (QED) is 0.391. The molecule has 110 valence electrons. The van der Waals surface area contributed by atoms with Crippen molar-refractivity contribution in [3.8, 4) is 0 Å². The minimum Gasteiger partial charge on any atom is -0.374 e. The SMILES string of the molecule is CCCCCC[C@@H](C)[Si](OCC)(OCC)OCC. The van der Waals surface area contributed by atoms with Gasteiger partial charge in [-0.1, -0.05) is 39.5 Å². The normalized spacial score (nSPS) is 13.8. The van der Waals surface area contributed by atoms with Crippen LogP contribution in [-0.2, 0) is 13.3 Å². The van der Waals surface area contributed by atoms with Crippen LogP contribution in [0.25, 0.3) is 0 Å². The highest BCUT2D eigenvalue weighted by atomic mass is 28.4. The van der Waals surface area contributed by atoms with Crippen LogP contribution in [0.1, 0.15) is 66.7 Å². The molecule has 0 aromatic heterocycles. The molecule has 0 bridgehead atoms. The van der Waals surface area contributed by atoms with Crippen molar-refractivity contribution in [2.24, 2.45) is 0 Å². The van der Waals surface area contributed by atoms with Gasteiger partial charge in [0.25, 0.3) is 0 Å². The molecule has 0 saturated heterocycles. The van der Waals surface area contributed by atoms with Gasteiger partial charge in [-0.3, -0.25) is 0 Å². The van der Waals surface area contributed by atoms with Crippen molar-refractivity contribution in [1.82, 2.24) is 0 Å². The zero-order valence-electron chi connectivity index (χ0n) is 13.0. The Hall–Kier alpha value is 0.0969. The van der Waals surface area contributed by atoms with Gasteiger partial charge in [0.1, 0.15) is 0 Å². The molecule has 0 spiro atoms. The molecule has 4 heteroatoms. The number of hydrogen-bond donors (Lipinski definition) is 0. The summed E-state index contributed by atoms with van der Waals surface area (Å²) in [5.74, 6) is 0. The van der Waals surface area contributed by atoms with Crippen molar-refractivity contribution in [3.05, 3.63) is 0 Å². The summed E-state index contributed by atoms with van der Waals surface area (Å²) in [4.78, 5) is 0. The van der Waals surface area contributed by atoms with Crippen LogP contribution in [0, 0.1) is 0 Å². The lowest BCUT2D eigenvalue weighted by atomic mass is 10.1. The molecular formula is C14H32O3Si. The highest BCUT2D eigenvalue weighted by molar-refractivity contribution is 6.62. The summed E-state index contributed by atoms with van der Waals surface area (Å²) in [6.07, 6.45) is 6.29. The van der Waals surface area contributed by atoms with E-state index in [2.05, 4.69) is 13.8 Å². The summed E-state index contributed by atoms with van der Waals surface area (Å²) in [6.45, 7) is 12.5. The Kier molecular flexibility index (Phi) is 11.0. The summed E-state index contributed by atoms with van der Waals surface area (Å²) >= 11 is 0. The molecule has 0 radical (unpaired) electrons. The van der Waals surface area contributed by atoms with Crippen molar-refractivity contribution >= 4 is 8.80 Å². The molecule has 18 heavy (non-hydrogen) atoms.